The summed E-state index contributed by atoms with van der Waals surface area (Å²) >= 11 is 0. The Labute approximate surface area is 225 Å². The maximum Gasteiger partial charge on any atom is 0.266 e. The summed E-state index contributed by atoms with van der Waals surface area (Å²) in [5.41, 5.74) is 1.01. The molecule has 0 spiro atoms. The minimum absolute atomic E-state index is 0.0266. The van der Waals surface area contributed by atoms with Crippen LogP contribution in [-0.4, -0.2) is 42.8 Å². The molecular formula is C28H27N5O6. The van der Waals surface area contributed by atoms with E-state index in [-0.39, 0.29) is 58.6 Å². The molecule has 39 heavy (non-hydrogen) atoms. The molecule has 0 radical (unpaired) electrons. The number of nitriles is 1. The van der Waals surface area contributed by atoms with Gasteiger partial charge in [0.05, 0.1) is 31.2 Å². The van der Waals surface area contributed by atoms with Crippen LogP contribution in [-0.2, 0) is 9.59 Å². The van der Waals surface area contributed by atoms with E-state index in [1.54, 1.807) is 13.8 Å². The smallest absolute Gasteiger partial charge is 0.266 e. The van der Waals surface area contributed by atoms with Crippen molar-refractivity contribution in [1.29, 1.82) is 5.26 Å². The predicted octanol–water partition coefficient (Wildman–Crippen LogP) is 4.15. The first-order chi connectivity index (χ1) is 18.8. The molecule has 1 aromatic heterocycles. The van der Waals surface area contributed by atoms with E-state index < -0.39 is 11.8 Å². The molecule has 0 aliphatic heterocycles. The van der Waals surface area contributed by atoms with Crippen molar-refractivity contribution < 1.29 is 28.7 Å². The summed E-state index contributed by atoms with van der Waals surface area (Å²) in [6.07, 6.45) is 1.70. The van der Waals surface area contributed by atoms with Gasteiger partial charge < -0.3 is 20.1 Å². The fourth-order valence-corrected chi connectivity index (χ4v) is 3.49. The molecular weight excluding hydrogens is 502 g/mol. The van der Waals surface area contributed by atoms with Crippen LogP contribution in [0.15, 0.2) is 54.7 Å². The summed E-state index contributed by atoms with van der Waals surface area (Å²) < 4.78 is 10.6. The zero-order valence-electron chi connectivity index (χ0n) is 21.9. The zero-order valence-corrected chi connectivity index (χ0v) is 21.9. The van der Waals surface area contributed by atoms with E-state index in [0.29, 0.717) is 11.4 Å². The number of aromatic nitrogens is 1. The van der Waals surface area contributed by atoms with Crippen LogP contribution in [0.5, 0.6) is 11.5 Å². The molecule has 1 heterocycles. The number of carbonyl (C=O) groups is 4. The van der Waals surface area contributed by atoms with Crippen LogP contribution < -0.4 is 25.0 Å². The van der Waals surface area contributed by atoms with Gasteiger partial charge in [-0.15, -0.1) is 0 Å². The zero-order chi connectivity index (χ0) is 28.5. The molecule has 0 fully saturated rings. The lowest BCUT2D eigenvalue weighted by Crippen LogP contribution is -2.37. The van der Waals surface area contributed by atoms with Crippen molar-refractivity contribution in [1.82, 2.24) is 4.98 Å². The van der Waals surface area contributed by atoms with Gasteiger partial charge in [-0.25, -0.2) is 9.88 Å². The van der Waals surface area contributed by atoms with Crippen molar-refractivity contribution in [3.63, 3.8) is 0 Å². The number of ether oxygens (including phenoxy) is 2. The Bertz CT molecular complexity index is 1450. The van der Waals surface area contributed by atoms with Crippen molar-refractivity contribution in [2.75, 3.05) is 29.8 Å². The molecule has 4 amide bonds. The third-order valence-electron chi connectivity index (χ3n) is 5.60. The standard InChI is InChI=1S/C28H27N5O6/c1-5-25(34)31-20-10-8-19(14-23(20)39-4)28(37)33(24-12-7-17(15-29)16-30-24)27(36)18-9-11-22(38-3)21(13-18)32-26(35)6-2/h7-14,16H,5-6H2,1-4H3,(H,31,34)(H,32,35). The number of methoxy groups -OCH3 is 2. The van der Waals surface area contributed by atoms with Crippen LogP contribution in [0.1, 0.15) is 53.0 Å². The van der Waals surface area contributed by atoms with Crippen LogP contribution in [0.3, 0.4) is 0 Å². The largest absolute Gasteiger partial charge is 0.495 e. The second-order valence-corrected chi connectivity index (χ2v) is 8.10. The fraction of sp³-hybridized carbons (Fsp3) is 0.214. The van der Waals surface area contributed by atoms with E-state index in [4.69, 9.17) is 14.7 Å². The molecule has 11 heteroatoms. The molecule has 0 aliphatic carbocycles. The molecule has 0 bridgehead atoms. The lowest BCUT2D eigenvalue weighted by Gasteiger charge is -2.21. The van der Waals surface area contributed by atoms with E-state index in [1.165, 1.54) is 68.9 Å². The van der Waals surface area contributed by atoms with Gasteiger partial charge in [-0.05, 0) is 48.5 Å². The molecule has 0 atom stereocenters. The van der Waals surface area contributed by atoms with Gasteiger partial charge in [-0.3, -0.25) is 19.2 Å². The van der Waals surface area contributed by atoms with Gasteiger partial charge in [-0.1, -0.05) is 13.8 Å². The highest BCUT2D eigenvalue weighted by atomic mass is 16.5. The summed E-state index contributed by atoms with van der Waals surface area (Å²) in [6, 6.07) is 13.5. The van der Waals surface area contributed by atoms with Gasteiger partial charge in [0.25, 0.3) is 11.8 Å². The highest BCUT2D eigenvalue weighted by molar-refractivity contribution is 6.25. The van der Waals surface area contributed by atoms with Crippen LogP contribution >= 0.6 is 0 Å². The minimum Gasteiger partial charge on any atom is -0.495 e. The Kier molecular flexibility index (Phi) is 9.32. The quantitative estimate of drug-likeness (QED) is 0.392. The highest BCUT2D eigenvalue weighted by Gasteiger charge is 2.29. The number of rotatable bonds is 9. The molecule has 2 N–H and O–H groups in total. The molecule has 3 aromatic rings. The SMILES string of the molecule is CCC(=O)Nc1cc(C(=O)N(C(=O)c2ccc(NC(=O)CC)c(OC)c2)c2ccc(C#N)cn2)ccc1OC. The predicted molar refractivity (Wildman–Crippen MR) is 144 cm³/mol. The number of nitrogens with zero attached hydrogens (tertiary/aromatic N) is 3. The normalized spacial score (nSPS) is 10.1. The first-order valence-electron chi connectivity index (χ1n) is 12.0. The Morgan fingerprint density at radius 2 is 1.41 bits per heavy atom. The van der Waals surface area contributed by atoms with Crippen molar-refractivity contribution in [2.45, 2.75) is 26.7 Å². The number of anilines is 3. The van der Waals surface area contributed by atoms with Gasteiger partial charge in [0.2, 0.25) is 11.8 Å². The van der Waals surface area contributed by atoms with E-state index in [2.05, 4.69) is 15.6 Å². The number of nitrogens with one attached hydrogen (secondary N) is 2. The van der Waals surface area contributed by atoms with Crippen LogP contribution in [0, 0.1) is 11.3 Å². The number of imide groups is 1. The second kappa shape index (κ2) is 12.8. The number of hydrogen-bond acceptors (Lipinski definition) is 8. The number of pyridine rings is 1. The molecule has 2 aromatic carbocycles. The molecule has 0 unspecified atom stereocenters. The van der Waals surface area contributed by atoms with Gasteiger partial charge >= 0.3 is 0 Å². The second-order valence-electron chi connectivity index (χ2n) is 8.10. The minimum atomic E-state index is -0.741. The van der Waals surface area contributed by atoms with Crippen molar-refractivity contribution in [2.24, 2.45) is 0 Å². The molecule has 3 rings (SSSR count). The monoisotopic (exact) mass is 529 g/mol. The van der Waals surface area contributed by atoms with E-state index in [9.17, 15) is 19.2 Å². The topological polar surface area (TPSA) is 151 Å². The maximum atomic E-state index is 13.8. The summed E-state index contributed by atoms with van der Waals surface area (Å²) in [4.78, 5) is 56.4. The highest BCUT2D eigenvalue weighted by Crippen LogP contribution is 2.30. The lowest BCUT2D eigenvalue weighted by atomic mass is 10.1. The molecule has 11 nitrogen and oxygen atoms in total. The average Bonchev–Trinajstić information content (AvgIpc) is 2.97. The lowest BCUT2D eigenvalue weighted by molar-refractivity contribution is -0.116. The molecule has 0 aliphatic rings. The third-order valence-corrected chi connectivity index (χ3v) is 5.60. The molecule has 0 saturated carbocycles. The summed E-state index contributed by atoms with van der Waals surface area (Å²) in [7, 11) is 2.81. The summed E-state index contributed by atoms with van der Waals surface area (Å²) in [5.74, 6) is -1.48. The van der Waals surface area contributed by atoms with Crippen LogP contribution in [0.4, 0.5) is 17.2 Å². The van der Waals surface area contributed by atoms with E-state index >= 15 is 0 Å². The molecule has 200 valence electrons. The van der Waals surface area contributed by atoms with Crippen LogP contribution in [0.2, 0.25) is 0 Å². The van der Waals surface area contributed by atoms with Gasteiger partial charge in [0.1, 0.15) is 23.4 Å². The maximum absolute atomic E-state index is 13.8. The number of amides is 4. The summed E-state index contributed by atoms with van der Waals surface area (Å²) in [6.45, 7) is 3.38. The average molecular weight is 530 g/mol. The summed E-state index contributed by atoms with van der Waals surface area (Å²) in [5, 5.41) is 14.5. The Morgan fingerprint density at radius 3 is 1.95 bits per heavy atom. The van der Waals surface area contributed by atoms with E-state index in [0.717, 1.165) is 4.90 Å². The number of benzene rings is 2. The van der Waals surface area contributed by atoms with Gasteiger partial charge in [-0.2, -0.15) is 5.26 Å². The Balaban J connectivity index is 2.09. The third kappa shape index (κ3) is 6.56. The van der Waals surface area contributed by atoms with E-state index in [1.807, 2.05) is 6.07 Å². The van der Waals surface area contributed by atoms with Crippen molar-refractivity contribution >= 4 is 40.8 Å². The first-order valence-corrected chi connectivity index (χ1v) is 12.0. The fourth-order valence-electron chi connectivity index (χ4n) is 3.49. The first kappa shape index (κ1) is 28.3. The Morgan fingerprint density at radius 1 is 0.821 bits per heavy atom. The molecule has 0 saturated heterocycles. The number of hydrogen-bond donors (Lipinski definition) is 2. The van der Waals surface area contributed by atoms with Gasteiger partial charge in [0, 0.05) is 30.2 Å². The van der Waals surface area contributed by atoms with Crippen molar-refractivity contribution in [3.8, 4) is 17.6 Å². The number of carbonyl (C=O) groups excluding carboxylic acids is 4. The Hall–Kier alpha value is -5.24. The van der Waals surface area contributed by atoms with Crippen LogP contribution in [0.25, 0.3) is 0 Å². The van der Waals surface area contributed by atoms with Gasteiger partial charge in [0.15, 0.2) is 0 Å². The van der Waals surface area contributed by atoms with Crippen molar-refractivity contribution in [3.05, 3.63) is 71.4 Å².